The molecular formula is C17H25N3O3. The van der Waals surface area contributed by atoms with Crippen LogP contribution in [0, 0.1) is 0 Å². The predicted molar refractivity (Wildman–Crippen MR) is 87.9 cm³/mol. The number of aromatic amines is 1. The van der Waals surface area contributed by atoms with Gasteiger partial charge in [-0.25, -0.2) is 0 Å². The van der Waals surface area contributed by atoms with Gasteiger partial charge in [0.1, 0.15) is 5.56 Å². The number of carbonyl (C=O) groups is 1. The number of carbonyl (C=O) groups excluding carboxylic acids is 1. The minimum Gasteiger partial charge on any atom is -0.375 e. The maximum absolute atomic E-state index is 12.6. The Kier molecular flexibility index (Phi) is 4.82. The lowest BCUT2D eigenvalue weighted by Crippen LogP contribution is -2.45. The largest absolute Gasteiger partial charge is 0.375 e. The maximum Gasteiger partial charge on any atom is 0.261 e. The highest BCUT2D eigenvalue weighted by atomic mass is 16.5. The molecule has 0 bridgehead atoms. The third kappa shape index (κ3) is 3.48. The molecule has 1 aliphatic carbocycles. The van der Waals surface area contributed by atoms with Gasteiger partial charge in [0.05, 0.1) is 12.1 Å². The van der Waals surface area contributed by atoms with Crippen molar-refractivity contribution >= 4 is 5.91 Å². The van der Waals surface area contributed by atoms with Crippen molar-refractivity contribution in [3.63, 3.8) is 0 Å². The number of H-pyrrole nitrogens is 1. The number of aryl methyl sites for hydroxylation is 2. The number of nitrogens with zero attached hydrogens (tertiary/aromatic N) is 1. The third-order valence-corrected chi connectivity index (χ3v) is 4.73. The number of fused-ring (bicyclic) bond motifs is 1. The Hall–Kier alpha value is -1.66. The van der Waals surface area contributed by atoms with Gasteiger partial charge in [-0.15, -0.1) is 0 Å². The summed E-state index contributed by atoms with van der Waals surface area (Å²) in [6, 6.07) is 1.69. The first-order valence-electron chi connectivity index (χ1n) is 8.44. The van der Waals surface area contributed by atoms with E-state index in [0.29, 0.717) is 6.61 Å². The number of nitrogens with one attached hydrogen (secondary N) is 2. The number of rotatable bonds is 4. The molecule has 2 aliphatic rings. The average Bonchev–Trinajstić information content (AvgIpc) is 2.86. The van der Waals surface area contributed by atoms with Gasteiger partial charge in [0, 0.05) is 25.4 Å². The summed E-state index contributed by atoms with van der Waals surface area (Å²) in [4.78, 5) is 29.8. The molecule has 1 aromatic rings. The second-order valence-corrected chi connectivity index (χ2v) is 6.52. The molecule has 6 heteroatoms. The van der Waals surface area contributed by atoms with Crippen LogP contribution in [-0.2, 0) is 17.6 Å². The van der Waals surface area contributed by atoms with Crippen LogP contribution in [0.5, 0.6) is 0 Å². The molecule has 1 saturated heterocycles. The van der Waals surface area contributed by atoms with Gasteiger partial charge in [-0.1, -0.05) is 0 Å². The van der Waals surface area contributed by atoms with Crippen molar-refractivity contribution in [2.75, 3.05) is 26.7 Å². The average molecular weight is 319 g/mol. The zero-order chi connectivity index (χ0) is 16.4. The summed E-state index contributed by atoms with van der Waals surface area (Å²) in [6.45, 7) is 4.09. The van der Waals surface area contributed by atoms with Crippen LogP contribution in [0.25, 0.3) is 0 Å². The van der Waals surface area contributed by atoms with Gasteiger partial charge >= 0.3 is 0 Å². The van der Waals surface area contributed by atoms with Gasteiger partial charge in [-0.2, -0.15) is 0 Å². The molecule has 2 atom stereocenters. The molecule has 1 fully saturated rings. The lowest BCUT2D eigenvalue weighted by atomic mass is 9.95. The lowest BCUT2D eigenvalue weighted by Gasteiger charge is -2.20. The molecule has 1 amide bonds. The van der Waals surface area contributed by atoms with Gasteiger partial charge in [-0.05, 0) is 51.3 Å². The fraction of sp³-hybridized carbons (Fsp3) is 0.647. The van der Waals surface area contributed by atoms with E-state index in [1.54, 1.807) is 6.07 Å². The molecular weight excluding hydrogens is 294 g/mol. The van der Waals surface area contributed by atoms with Gasteiger partial charge < -0.3 is 19.9 Å². The Balaban J connectivity index is 1.77. The van der Waals surface area contributed by atoms with Crippen molar-refractivity contribution in [3.8, 4) is 0 Å². The van der Waals surface area contributed by atoms with Crippen molar-refractivity contribution in [1.29, 1.82) is 0 Å². The van der Waals surface area contributed by atoms with Gasteiger partial charge in [0.2, 0.25) is 0 Å². The molecule has 0 unspecified atom stereocenters. The van der Waals surface area contributed by atoms with Crippen molar-refractivity contribution in [1.82, 2.24) is 15.2 Å². The predicted octanol–water partition coefficient (Wildman–Crippen LogP) is 0.703. The molecule has 0 spiro atoms. The third-order valence-electron chi connectivity index (χ3n) is 4.73. The minimum absolute atomic E-state index is 0.0225. The van der Waals surface area contributed by atoms with Crippen LogP contribution in [-0.4, -0.2) is 54.7 Å². The van der Waals surface area contributed by atoms with Crippen LogP contribution in [0.15, 0.2) is 10.9 Å². The topological polar surface area (TPSA) is 74.4 Å². The summed E-state index contributed by atoms with van der Waals surface area (Å²) >= 11 is 0. The molecule has 2 heterocycles. The molecule has 1 aliphatic heterocycles. The minimum atomic E-state index is -0.301. The molecule has 23 heavy (non-hydrogen) atoms. The highest BCUT2D eigenvalue weighted by Crippen LogP contribution is 2.19. The van der Waals surface area contributed by atoms with E-state index in [9.17, 15) is 9.59 Å². The normalized spacial score (nSPS) is 24.4. The zero-order valence-electron chi connectivity index (χ0n) is 13.9. The van der Waals surface area contributed by atoms with E-state index in [4.69, 9.17) is 4.74 Å². The molecule has 0 aromatic carbocycles. The number of aromatic nitrogens is 1. The van der Waals surface area contributed by atoms with E-state index in [0.717, 1.165) is 50.0 Å². The van der Waals surface area contributed by atoms with Crippen LogP contribution in [0.4, 0.5) is 0 Å². The van der Waals surface area contributed by atoms with Crippen LogP contribution < -0.4 is 10.9 Å². The van der Waals surface area contributed by atoms with Crippen LogP contribution in [0.3, 0.4) is 0 Å². The second-order valence-electron chi connectivity index (χ2n) is 6.52. The molecule has 2 N–H and O–H groups in total. The number of hydrogen-bond acceptors (Lipinski definition) is 4. The molecule has 0 radical (unpaired) electrons. The first-order valence-corrected chi connectivity index (χ1v) is 8.44. The van der Waals surface area contributed by atoms with Crippen molar-refractivity contribution in [2.24, 2.45) is 0 Å². The van der Waals surface area contributed by atoms with E-state index < -0.39 is 0 Å². The van der Waals surface area contributed by atoms with Crippen LogP contribution >= 0.6 is 0 Å². The standard InChI is InChI=1S/C17H25N3O3/c1-3-23-15-10-20(2)9-14(15)19-17(22)12-8-11-6-4-5-7-13(11)18-16(12)21/h8,14-15H,3-7,9-10H2,1-2H3,(H,18,21)(H,19,22)/t14-,15-/m0/s1. The second kappa shape index (κ2) is 6.84. The Morgan fingerprint density at radius 1 is 1.39 bits per heavy atom. The number of likely N-dealkylation sites (N-methyl/N-ethyl adjacent to an activating group) is 1. The fourth-order valence-electron chi connectivity index (χ4n) is 3.57. The highest BCUT2D eigenvalue weighted by molar-refractivity contribution is 5.94. The number of amides is 1. The van der Waals surface area contributed by atoms with Crippen molar-refractivity contribution in [3.05, 3.63) is 33.2 Å². The Labute approximate surface area is 136 Å². The zero-order valence-corrected chi connectivity index (χ0v) is 13.9. The Bertz CT molecular complexity index is 640. The van der Waals surface area contributed by atoms with E-state index in [1.165, 1.54) is 0 Å². The lowest BCUT2D eigenvalue weighted by molar-refractivity contribution is 0.0513. The smallest absolute Gasteiger partial charge is 0.261 e. The van der Waals surface area contributed by atoms with E-state index >= 15 is 0 Å². The summed E-state index contributed by atoms with van der Waals surface area (Å²) in [7, 11) is 2.00. The SMILES string of the molecule is CCO[C@H]1CN(C)C[C@@H]1NC(=O)c1cc2c([nH]c1=O)CCCC2. The maximum atomic E-state index is 12.6. The number of hydrogen-bond donors (Lipinski definition) is 2. The number of ether oxygens (including phenoxy) is 1. The summed E-state index contributed by atoms with van der Waals surface area (Å²) < 4.78 is 5.70. The summed E-state index contributed by atoms with van der Waals surface area (Å²) in [5.74, 6) is -0.301. The first-order chi connectivity index (χ1) is 11.1. The summed E-state index contributed by atoms with van der Waals surface area (Å²) in [5.41, 5.74) is 2.02. The molecule has 126 valence electrons. The first kappa shape index (κ1) is 16.2. The summed E-state index contributed by atoms with van der Waals surface area (Å²) in [5, 5.41) is 2.98. The van der Waals surface area contributed by atoms with E-state index in [-0.39, 0.29) is 29.2 Å². The summed E-state index contributed by atoms with van der Waals surface area (Å²) in [6.07, 6.45) is 4.01. The monoisotopic (exact) mass is 319 g/mol. The molecule has 0 saturated carbocycles. The number of likely N-dealkylation sites (tertiary alicyclic amines) is 1. The van der Waals surface area contributed by atoms with Gasteiger partial charge in [0.25, 0.3) is 11.5 Å². The van der Waals surface area contributed by atoms with Crippen molar-refractivity contribution < 1.29 is 9.53 Å². The number of pyridine rings is 1. The van der Waals surface area contributed by atoms with Crippen molar-refractivity contribution in [2.45, 2.75) is 44.8 Å². The molecule has 1 aromatic heterocycles. The van der Waals surface area contributed by atoms with Gasteiger partial charge in [-0.3, -0.25) is 9.59 Å². The quantitative estimate of drug-likeness (QED) is 0.857. The van der Waals surface area contributed by atoms with Crippen LogP contribution in [0.2, 0.25) is 0 Å². The molecule has 3 rings (SSSR count). The Morgan fingerprint density at radius 3 is 2.96 bits per heavy atom. The highest BCUT2D eigenvalue weighted by Gasteiger charge is 2.33. The van der Waals surface area contributed by atoms with Crippen LogP contribution in [0.1, 0.15) is 41.4 Å². The van der Waals surface area contributed by atoms with E-state index in [2.05, 4.69) is 15.2 Å². The fourth-order valence-corrected chi connectivity index (χ4v) is 3.57. The molecule has 6 nitrogen and oxygen atoms in total. The van der Waals surface area contributed by atoms with Gasteiger partial charge in [0.15, 0.2) is 0 Å². The Morgan fingerprint density at radius 2 is 2.17 bits per heavy atom. The van der Waals surface area contributed by atoms with E-state index in [1.807, 2.05) is 14.0 Å².